The van der Waals surface area contributed by atoms with Gasteiger partial charge < -0.3 is 15.3 Å². The zero-order chi connectivity index (χ0) is 20.1. The third-order valence-corrected chi connectivity index (χ3v) is 5.51. The predicted octanol–water partition coefficient (Wildman–Crippen LogP) is 2.18. The molecule has 4 rings (SSSR count). The van der Waals surface area contributed by atoms with Gasteiger partial charge >= 0.3 is 0 Å². The van der Waals surface area contributed by atoms with Gasteiger partial charge in [-0.25, -0.2) is 0 Å². The van der Waals surface area contributed by atoms with Crippen LogP contribution in [0, 0.1) is 12.3 Å². The highest BCUT2D eigenvalue weighted by Crippen LogP contribution is 2.49. The fourth-order valence-corrected chi connectivity index (χ4v) is 3.92. The molecular weight excluding hydrogens is 358 g/mol. The molecule has 2 N–H and O–H groups in total. The Morgan fingerprint density at radius 2 is 1.86 bits per heavy atom. The second kappa shape index (κ2) is 8.21. The summed E-state index contributed by atoms with van der Waals surface area (Å²) in [6.45, 7) is 2.85. The first-order valence-corrected chi connectivity index (χ1v) is 9.17. The molecule has 2 aromatic rings. The summed E-state index contributed by atoms with van der Waals surface area (Å²) in [6, 6.07) is 13.8. The Bertz CT molecular complexity index is 844. The predicted molar refractivity (Wildman–Crippen MR) is 103 cm³/mol. The van der Waals surface area contributed by atoms with E-state index in [0.717, 1.165) is 11.3 Å². The van der Waals surface area contributed by atoms with Gasteiger partial charge in [-0.1, -0.05) is 30.3 Å². The molecule has 3 heterocycles. The van der Waals surface area contributed by atoms with Gasteiger partial charge in [0.15, 0.2) is 0 Å². The quantitative estimate of drug-likeness (QED) is 0.614. The molecule has 1 unspecified atom stereocenters. The lowest BCUT2D eigenvalue weighted by molar-refractivity contribution is -0.151. The number of nitrogens with zero attached hydrogens (tertiary/aromatic N) is 2. The van der Waals surface area contributed by atoms with E-state index in [0.29, 0.717) is 31.5 Å². The molecule has 0 bridgehead atoms. The first-order valence-electron chi connectivity index (χ1n) is 9.17. The van der Waals surface area contributed by atoms with Crippen molar-refractivity contribution in [2.24, 2.45) is 5.41 Å². The summed E-state index contributed by atoms with van der Waals surface area (Å²) in [4.78, 5) is 39.4. The number of pyridine rings is 1. The van der Waals surface area contributed by atoms with Gasteiger partial charge in [0.25, 0.3) is 12.4 Å². The molecule has 28 heavy (non-hydrogen) atoms. The number of piperidine rings is 1. The van der Waals surface area contributed by atoms with E-state index >= 15 is 0 Å². The minimum atomic E-state index is -0.371. The highest BCUT2D eigenvalue weighted by atomic mass is 16.3. The zero-order valence-corrected chi connectivity index (χ0v) is 15.7. The van der Waals surface area contributed by atoms with E-state index < -0.39 is 0 Å². The van der Waals surface area contributed by atoms with Crippen LogP contribution in [0.2, 0.25) is 0 Å². The number of rotatable bonds is 2. The van der Waals surface area contributed by atoms with E-state index in [4.69, 9.17) is 9.90 Å². The normalized spacial score (nSPS) is 19.7. The Labute approximate surface area is 163 Å². The topological polar surface area (TPSA) is 99.6 Å². The van der Waals surface area contributed by atoms with E-state index in [1.165, 1.54) is 0 Å². The SMILES string of the molecule is Cc1ccc(C(=O)N2CCC3(CC2)C(=O)NC3c2ccccc2)cn1.O=CO. The molecule has 146 valence electrons. The van der Waals surface area contributed by atoms with Gasteiger partial charge in [0, 0.05) is 25.0 Å². The zero-order valence-electron chi connectivity index (χ0n) is 15.7. The Kier molecular flexibility index (Phi) is 5.73. The van der Waals surface area contributed by atoms with Gasteiger partial charge in [-0.15, -0.1) is 0 Å². The fraction of sp³-hybridized carbons (Fsp3) is 0.333. The summed E-state index contributed by atoms with van der Waals surface area (Å²) in [5.41, 5.74) is 2.28. The van der Waals surface area contributed by atoms with Crippen molar-refractivity contribution < 1.29 is 19.5 Å². The van der Waals surface area contributed by atoms with Crippen molar-refractivity contribution in [2.45, 2.75) is 25.8 Å². The maximum absolute atomic E-state index is 12.6. The lowest BCUT2D eigenvalue weighted by Gasteiger charge is -2.52. The van der Waals surface area contributed by atoms with Gasteiger partial charge in [-0.2, -0.15) is 0 Å². The van der Waals surface area contributed by atoms with Gasteiger partial charge in [0.05, 0.1) is 17.0 Å². The van der Waals surface area contributed by atoms with Crippen LogP contribution in [0.15, 0.2) is 48.7 Å². The molecule has 2 aliphatic heterocycles. The summed E-state index contributed by atoms with van der Waals surface area (Å²) in [7, 11) is 0. The van der Waals surface area contributed by atoms with Crippen molar-refractivity contribution in [1.82, 2.24) is 15.2 Å². The molecule has 0 aliphatic carbocycles. The number of hydrogen-bond donors (Lipinski definition) is 2. The Morgan fingerprint density at radius 1 is 1.21 bits per heavy atom. The van der Waals surface area contributed by atoms with Crippen molar-refractivity contribution in [2.75, 3.05) is 13.1 Å². The third kappa shape index (κ3) is 3.60. The second-order valence-electron chi connectivity index (χ2n) is 7.06. The molecule has 1 spiro atoms. The van der Waals surface area contributed by atoms with Crippen LogP contribution in [0.4, 0.5) is 0 Å². The Morgan fingerprint density at radius 3 is 2.39 bits per heavy atom. The van der Waals surface area contributed by atoms with Crippen molar-refractivity contribution in [3.8, 4) is 0 Å². The number of carbonyl (C=O) groups excluding carboxylic acids is 2. The average molecular weight is 381 g/mol. The number of likely N-dealkylation sites (tertiary alicyclic amines) is 1. The molecule has 0 radical (unpaired) electrons. The van der Waals surface area contributed by atoms with Crippen LogP contribution >= 0.6 is 0 Å². The van der Waals surface area contributed by atoms with Crippen LogP contribution in [0.1, 0.15) is 40.5 Å². The molecule has 1 aromatic heterocycles. The first-order chi connectivity index (χ1) is 13.5. The smallest absolute Gasteiger partial charge is 0.290 e. The summed E-state index contributed by atoms with van der Waals surface area (Å²) >= 11 is 0. The van der Waals surface area contributed by atoms with Gasteiger partial charge in [0.1, 0.15) is 0 Å². The molecule has 1 aromatic carbocycles. The third-order valence-electron chi connectivity index (χ3n) is 5.51. The summed E-state index contributed by atoms with van der Waals surface area (Å²) < 4.78 is 0. The fourth-order valence-electron chi connectivity index (χ4n) is 3.92. The van der Waals surface area contributed by atoms with Crippen molar-refractivity contribution in [1.29, 1.82) is 0 Å². The van der Waals surface area contributed by atoms with Gasteiger partial charge in [0.2, 0.25) is 5.91 Å². The van der Waals surface area contributed by atoms with Crippen LogP contribution < -0.4 is 5.32 Å². The molecular formula is C21H23N3O4. The molecule has 7 nitrogen and oxygen atoms in total. The number of β-lactam (4-membered cyclic amide) rings is 1. The number of aromatic nitrogens is 1. The van der Waals surface area contributed by atoms with Crippen LogP contribution in [-0.2, 0) is 9.59 Å². The molecule has 1 atom stereocenters. The highest BCUT2D eigenvalue weighted by molar-refractivity contribution is 5.95. The number of carbonyl (C=O) groups is 3. The van der Waals surface area contributed by atoms with E-state index in [2.05, 4.69) is 22.4 Å². The van der Waals surface area contributed by atoms with Crippen LogP contribution in [0.25, 0.3) is 0 Å². The Balaban J connectivity index is 0.000000706. The van der Waals surface area contributed by atoms with Crippen molar-refractivity contribution in [3.63, 3.8) is 0 Å². The highest BCUT2D eigenvalue weighted by Gasteiger charge is 2.56. The van der Waals surface area contributed by atoms with Gasteiger partial charge in [-0.3, -0.25) is 19.4 Å². The lowest BCUT2D eigenvalue weighted by atomic mass is 9.64. The van der Waals surface area contributed by atoms with Crippen LogP contribution in [0.5, 0.6) is 0 Å². The van der Waals surface area contributed by atoms with E-state index in [-0.39, 0.29) is 29.7 Å². The summed E-state index contributed by atoms with van der Waals surface area (Å²) in [5.74, 6) is 0.115. The van der Waals surface area contributed by atoms with E-state index in [9.17, 15) is 9.59 Å². The maximum atomic E-state index is 12.6. The van der Waals surface area contributed by atoms with E-state index in [1.807, 2.05) is 42.2 Å². The average Bonchev–Trinajstić information content (AvgIpc) is 2.73. The lowest BCUT2D eigenvalue weighted by Crippen LogP contribution is -2.64. The number of hydrogen-bond acceptors (Lipinski definition) is 4. The molecule has 2 aliphatic rings. The number of benzene rings is 1. The number of carboxylic acid groups (broad SMARTS) is 1. The van der Waals surface area contributed by atoms with Crippen molar-refractivity contribution in [3.05, 3.63) is 65.5 Å². The minimum absolute atomic E-state index is 0.00153. The van der Waals surface area contributed by atoms with Gasteiger partial charge in [-0.05, 0) is 37.5 Å². The molecule has 2 saturated heterocycles. The Hall–Kier alpha value is -3.22. The van der Waals surface area contributed by atoms with Crippen LogP contribution in [-0.4, -0.2) is 46.4 Å². The van der Waals surface area contributed by atoms with Crippen molar-refractivity contribution >= 4 is 18.3 Å². The monoisotopic (exact) mass is 381 g/mol. The van der Waals surface area contributed by atoms with E-state index in [1.54, 1.807) is 6.20 Å². The second-order valence-corrected chi connectivity index (χ2v) is 7.06. The van der Waals surface area contributed by atoms with Crippen LogP contribution in [0.3, 0.4) is 0 Å². The summed E-state index contributed by atoms with van der Waals surface area (Å²) in [6.07, 6.45) is 3.03. The minimum Gasteiger partial charge on any atom is -0.483 e. The largest absolute Gasteiger partial charge is 0.483 e. The first kappa shape index (κ1) is 19.5. The molecule has 0 saturated carbocycles. The molecule has 2 amide bonds. The molecule has 7 heteroatoms. The molecule has 2 fully saturated rings. The number of aryl methyl sites for hydroxylation is 1. The standard InChI is InChI=1S/C20H21N3O2.CH2O2/c1-14-7-8-16(13-21-14)18(24)23-11-9-20(10-12-23)17(22-19(20)25)15-5-3-2-4-6-15;2-1-3/h2-8,13,17H,9-12H2,1H3,(H,22,25);1H,(H,2,3). The number of amides is 2. The number of nitrogens with one attached hydrogen (secondary N) is 1. The maximum Gasteiger partial charge on any atom is 0.290 e. The summed E-state index contributed by atoms with van der Waals surface area (Å²) in [5, 5.41) is 9.94.